The number of rotatable bonds is 6. The first-order valence-electron chi connectivity index (χ1n) is 19.8. The van der Waals surface area contributed by atoms with Crippen LogP contribution in [0.1, 0.15) is 22.3 Å². The van der Waals surface area contributed by atoms with Gasteiger partial charge in [-0.25, -0.2) is 0 Å². The molecular weight excluding hydrogens is 739 g/mol. The van der Waals surface area contributed by atoms with Gasteiger partial charge in [0.1, 0.15) is 0 Å². The zero-order valence-electron chi connectivity index (χ0n) is 31.5. The van der Waals surface area contributed by atoms with Gasteiger partial charge in [0.05, 0.1) is 5.41 Å². The quantitative estimate of drug-likeness (QED) is 0.163. The minimum Gasteiger partial charge on any atom is -0.310 e. The summed E-state index contributed by atoms with van der Waals surface area (Å²) < 4.78 is 5.23. The smallest absolute Gasteiger partial charge is 0.0714 e. The van der Waals surface area contributed by atoms with E-state index in [2.05, 4.69) is 217 Å². The van der Waals surface area contributed by atoms with Crippen molar-refractivity contribution in [1.82, 2.24) is 0 Å². The number of fused-ring (bicyclic) bond motifs is 9. The Morgan fingerprint density at radius 1 is 0.310 bits per heavy atom. The summed E-state index contributed by atoms with van der Waals surface area (Å²) in [6.07, 6.45) is 0. The lowest BCUT2D eigenvalue weighted by Crippen LogP contribution is -2.28. The van der Waals surface area contributed by atoms with Gasteiger partial charge in [-0.3, -0.25) is 0 Å². The van der Waals surface area contributed by atoms with Crippen LogP contribution in [-0.4, -0.2) is 0 Å². The summed E-state index contributed by atoms with van der Waals surface area (Å²) >= 11 is 3.75. The normalized spacial score (nSPS) is 14.6. The van der Waals surface area contributed by atoms with Crippen molar-refractivity contribution >= 4 is 80.1 Å². The summed E-state index contributed by atoms with van der Waals surface area (Å²) in [5.41, 5.74) is 13.0. The average Bonchev–Trinajstić information content (AvgIpc) is 3.95. The van der Waals surface area contributed by atoms with Crippen molar-refractivity contribution in [3.05, 3.63) is 235 Å². The van der Waals surface area contributed by atoms with Gasteiger partial charge in [0.15, 0.2) is 0 Å². The third-order valence-electron chi connectivity index (χ3n) is 12.2. The Morgan fingerprint density at radius 3 is 1.57 bits per heavy atom. The van der Waals surface area contributed by atoms with Crippen LogP contribution in [0.4, 0.5) is 17.1 Å². The van der Waals surface area contributed by atoms with Gasteiger partial charge in [0.25, 0.3) is 0 Å². The molecule has 58 heavy (non-hydrogen) atoms. The Morgan fingerprint density at radius 2 is 0.828 bits per heavy atom. The zero-order valence-corrected chi connectivity index (χ0v) is 33.1. The SMILES string of the molecule is c1ccc(-c2ccc(N(c3ccc4c(c3)C(c3ccccc3)(c3ccc5c(c3)sc3ccccc35)c3ccccc3-4)c3ccc4c(c3)sc3ccccc34)cc2)cc1. The molecule has 0 saturated carbocycles. The second kappa shape index (κ2) is 13.1. The maximum absolute atomic E-state index is 2.48. The molecule has 1 aliphatic rings. The van der Waals surface area contributed by atoms with Gasteiger partial charge in [-0.15, -0.1) is 22.7 Å². The molecule has 11 aromatic rings. The molecule has 3 heteroatoms. The summed E-state index contributed by atoms with van der Waals surface area (Å²) in [4.78, 5) is 2.45. The molecule has 1 nitrogen and oxygen atoms in total. The topological polar surface area (TPSA) is 3.24 Å². The highest BCUT2D eigenvalue weighted by Gasteiger charge is 2.46. The highest BCUT2D eigenvalue weighted by atomic mass is 32.1. The highest BCUT2D eigenvalue weighted by molar-refractivity contribution is 7.26. The first-order chi connectivity index (χ1) is 28.7. The van der Waals surface area contributed by atoms with Gasteiger partial charge in [0, 0.05) is 57.4 Å². The molecule has 0 radical (unpaired) electrons. The second-order valence-electron chi connectivity index (χ2n) is 15.2. The van der Waals surface area contributed by atoms with E-state index in [1.807, 2.05) is 22.7 Å². The second-order valence-corrected chi connectivity index (χ2v) is 17.4. The number of hydrogen-bond acceptors (Lipinski definition) is 3. The number of hydrogen-bond donors (Lipinski definition) is 0. The number of anilines is 3. The Hall–Kier alpha value is -6.78. The largest absolute Gasteiger partial charge is 0.310 e. The van der Waals surface area contributed by atoms with E-state index < -0.39 is 5.41 Å². The van der Waals surface area contributed by atoms with Crippen molar-refractivity contribution in [3.8, 4) is 22.3 Å². The molecule has 1 atom stereocenters. The van der Waals surface area contributed by atoms with Crippen LogP contribution in [-0.2, 0) is 5.41 Å². The van der Waals surface area contributed by atoms with Gasteiger partial charge < -0.3 is 4.90 Å². The average molecular weight is 774 g/mol. The fourth-order valence-electron chi connectivity index (χ4n) is 9.58. The van der Waals surface area contributed by atoms with Crippen molar-refractivity contribution in [1.29, 1.82) is 0 Å². The van der Waals surface area contributed by atoms with E-state index in [9.17, 15) is 0 Å². The van der Waals surface area contributed by atoms with Crippen molar-refractivity contribution in [2.24, 2.45) is 0 Å². The minimum atomic E-state index is -0.536. The fourth-order valence-corrected chi connectivity index (χ4v) is 11.9. The fraction of sp³-hybridized carbons (Fsp3) is 0.0182. The Bertz CT molecular complexity index is 3340. The summed E-state index contributed by atoms with van der Waals surface area (Å²) in [5, 5.41) is 5.25. The molecule has 0 saturated heterocycles. The monoisotopic (exact) mass is 773 g/mol. The summed E-state index contributed by atoms with van der Waals surface area (Å²) in [6.45, 7) is 0. The predicted octanol–water partition coefficient (Wildman–Crippen LogP) is 15.9. The molecule has 0 N–H and O–H groups in total. The molecule has 12 rings (SSSR count). The van der Waals surface area contributed by atoms with E-state index in [0.29, 0.717) is 0 Å². The number of benzene rings is 9. The lowest BCUT2D eigenvalue weighted by Gasteiger charge is -2.35. The third kappa shape index (κ3) is 5.00. The Kier molecular flexibility index (Phi) is 7.56. The van der Waals surface area contributed by atoms with Gasteiger partial charge in [-0.05, 0) is 99.1 Å². The standard InChI is InChI=1S/C55H35NS2/c1-3-13-36(14-4-1)37-23-26-40(27-24-37)56(42-29-32-48-46-19-9-12-22-52(46)58-54(48)35-42)41-28-31-44-43-17-7-10-20-49(43)55(50(44)34-41,38-15-5-2-6-16-38)39-25-30-47-45-18-8-11-21-51(45)57-53(47)33-39/h1-35H. The van der Waals surface area contributed by atoms with Crippen LogP contribution >= 0.6 is 22.7 Å². The third-order valence-corrected chi connectivity index (χ3v) is 14.4. The molecule has 0 bridgehead atoms. The summed E-state index contributed by atoms with van der Waals surface area (Å²) in [6, 6.07) is 78.9. The van der Waals surface area contributed by atoms with Crippen LogP contribution < -0.4 is 4.90 Å². The molecule has 9 aromatic carbocycles. The molecule has 0 amide bonds. The van der Waals surface area contributed by atoms with E-state index in [4.69, 9.17) is 0 Å². The molecule has 0 spiro atoms. The molecular formula is C55H35NS2. The van der Waals surface area contributed by atoms with Crippen LogP contribution in [0.5, 0.6) is 0 Å². The van der Waals surface area contributed by atoms with E-state index >= 15 is 0 Å². The van der Waals surface area contributed by atoms with E-state index in [0.717, 1.165) is 17.1 Å². The van der Waals surface area contributed by atoms with Crippen LogP contribution in [0.3, 0.4) is 0 Å². The number of nitrogens with zero attached hydrogens (tertiary/aromatic N) is 1. The van der Waals surface area contributed by atoms with E-state index in [1.54, 1.807) is 0 Å². The van der Waals surface area contributed by atoms with Crippen LogP contribution in [0.15, 0.2) is 212 Å². The highest BCUT2D eigenvalue weighted by Crippen LogP contribution is 2.58. The van der Waals surface area contributed by atoms with Gasteiger partial charge in [0.2, 0.25) is 0 Å². The predicted molar refractivity (Wildman–Crippen MR) is 250 cm³/mol. The first kappa shape index (κ1) is 33.4. The molecule has 2 heterocycles. The molecule has 1 unspecified atom stereocenters. The molecule has 0 fully saturated rings. The van der Waals surface area contributed by atoms with Gasteiger partial charge >= 0.3 is 0 Å². The van der Waals surface area contributed by atoms with Crippen molar-refractivity contribution in [3.63, 3.8) is 0 Å². The number of thiophene rings is 2. The van der Waals surface area contributed by atoms with Crippen LogP contribution in [0.2, 0.25) is 0 Å². The van der Waals surface area contributed by atoms with Gasteiger partial charge in [-0.1, -0.05) is 158 Å². The lowest BCUT2D eigenvalue weighted by atomic mass is 9.67. The van der Waals surface area contributed by atoms with Crippen molar-refractivity contribution in [2.75, 3.05) is 4.90 Å². The lowest BCUT2D eigenvalue weighted by molar-refractivity contribution is 0.770. The maximum Gasteiger partial charge on any atom is 0.0714 e. The van der Waals surface area contributed by atoms with E-state index in [-0.39, 0.29) is 0 Å². The molecule has 2 aromatic heterocycles. The Labute approximate surface area is 345 Å². The maximum atomic E-state index is 2.48. The summed E-state index contributed by atoms with van der Waals surface area (Å²) in [7, 11) is 0. The Balaban J connectivity index is 1.11. The minimum absolute atomic E-state index is 0.536. The summed E-state index contributed by atoms with van der Waals surface area (Å²) in [5.74, 6) is 0. The van der Waals surface area contributed by atoms with Crippen molar-refractivity contribution < 1.29 is 0 Å². The molecule has 0 aliphatic heterocycles. The van der Waals surface area contributed by atoms with Crippen LogP contribution in [0.25, 0.3) is 62.6 Å². The van der Waals surface area contributed by atoms with Gasteiger partial charge in [-0.2, -0.15) is 0 Å². The first-order valence-corrected chi connectivity index (χ1v) is 21.5. The molecule has 1 aliphatic carbocycles. The van der Waals surface area contributed by atoms with E-state index in [1.165, 1.54) is 84.9 Å². The molecule has 272 valence electrons. The van der Waals surface area contributed by atoms with Crippen molar-refractivity contribution in [2.45, 2.75) is 5.41 Å². The van der Waals surface area contributed by atoms with Crippen LogP contribution in [0, 0.1) is 0 Å². The zero-order chi connectivity index (χ0) is 38.2.